The second kappa shape index (κ2) is 5.90. The van der Waals surface area contributed by atoms with E-state index in [4.69, 9.17) is 0 Å². The molecule has 2 aliphatic rings. The molecule has 0 amide bonds. The molecule has 2 fully saturated rings. The molecule has 3 heterocycles. The smallest absolute Gasteiger partial charge is 0.282 e. The third-order valence-electron chi connectivity index (χ3n) is 4.32. The summed E-state index contributed by atoms with van der Waals surface area (Å²) in [4.78, 5) is 4.20. The van der Waals surface area contributed by atoms with E-state index in [1.165, 1.54) is 0 Å². The fourth-order valence-electron chi connectivity index (χ4n) is 3.21. The van der Waals surface area contributed by atoms with Crippen LogP contribution in [-0.2, 0) is 10.2 Å². The third kappa shape index (κ3) is 2.77. The Hall–Kier alpha value is -1.18. The summed E-state index contributed by atoms with van der Waals surface area (Å²) < 4.78 is 28.9. The Kier molecular flexibility index (Phi) is 4.14. The first-order chi connectivity index (χ1) is 10.1. The van der Waals surface area contributed by atoms with E-state index in [1.807, 2.05) is 19.2 Å². The van der Waals surface area contributed by atoms with E-state index in [-0.39, 0.29) is 6.04 Å². The first-order valence-corrected chi connectivity index (χ1v) is 8.93. The van der Waals surface area contributed by atoms with Crippen LogP contribution in [0.1, 0.15) is 37.3 Å². The van der Waals surface area contributed by atoms with Crippen LogP contribution in [0.5, 0.6) is 0 Å². The van der Waals surface area contributed by atoms with Crippen LogP contribution >= 0.6 is 0 Å². The van der Waals surface area contributed by atoms with Gasteiger partial charge in [-0.15, -0.1) is 0 Å². The van der Waals surface area contributed by atoms with Gasteiger partial charge in [0.05, 0.1) is 6.04 Å². The van der Waals surface area contributed by atoms with Gasteiger partial charge in [0.1, 0.15) is 5.82 Å². The SMILES string of the molecule is CNc1cc(C2CCCN2S(=O)(=O)N2CCCC2)ccn1. The lowest BCUT2D eigenvalue weighted by Gasteiger charge is -2.28. The lowest BCUT2D eigenvalue weighted by molar-refractivity contribution is 0.349. The van der Waals surface area contributed by atoms with Crippen LogP contribution in [0.2, 0.25) is 0 Å². The number of hydrogen-bond donors (Lipinski definition) is 1. The van der Waals surface area contributed by atoms with Crippen LogP contribution < -0.4 is 5.32 Å². The molecule has 6 nitrogen and oxygen atoms in total. The van der Waals surface area contributed by atoms with Gasteiger partial charge in [-0.05, 0) is 43.4 Å². The Morgan fingerprint density at radius 3 is 2.71 bits per heavy atom. The lowest BCUT2D eigenvalue weighted by atomic mass is 10.1. The lowest BCUT2D eigenvalue weighted by Crippen LogP contribution is -2.42. The van der Waals surface area contributed by atoms with E-state index in [9.17, 15) is 8.42 Å². The van der Waals surface area contributed by atoms with Crippen molar-refractivity contribution in [3.8, 4) is 0 Å². The zero-order valence-corrected chi connectivity index (χ0v) is 13.1. The van der Waals surface area contributed by atoms with Crippen molar-refractivity contribution in [2.45, 2.75) is 31.7 Å². The van der Waals surface area contributed by atoms with Gasteiger partial charge in [-0.1, -0.05) is 0 Å². The fraction of sp³-hybridized carbons (Fsp3) is 0.643. The standard InChI is InChI=1S/C14H22N4O2S/c1-15-14-11-12(6-7-16-14)13-5-4-10-18(13)21(19,20)17-8-2-3-9-17/h6-7,11,13H,2-5,8-10H2,1H3,(H,15,16). The Balaban J connectivity index is 1.88. The van der Waals surface area contributed by atoms with Gasteiger partial charge >= 0.3 is 0 Å². The maximum Gasteiger partial charge on any atom is 0.282 e. The Morgan fingerprint density at radius 1 is 1.24 bits per heavy atom. The summed E-state index contributed by atoms with van der Waals surface area (Å²) in [6.45, 7) is 1.92. The summed E-state index contributed by atoms with van der Waals surface area (Å²) in [5, 5.41) is 3.01. The van der Waals surface area contributed by atoms with E-state index < -0.39 is 10.2 Å². The highest BCUT2D eigenvalue weighted by molar-refractivity contribution is 7.86. The van der Waals surface area contributed by atoms with Crippen LogP contribution in [0.3, 0.4) is 0 Å². The van der Waals surface area contributed by atoms with Crippen molar-refractivity contribution in [2.24, 2.45) is 0 Å². The Morgan fingerprint density at radius 2 is 2.00 bits per heavy atom. The molecule has 0 radical (unpaired) electrons. The third-order valence-corrected chi connectivity index (χ3v) is 6.36. The first kappa shape index (κ1) is 14.7. The number of aromatic nitrogens is 1. The van der Waals surface area contributed by atoms with E-state index in [1.54, 1.807) is 14.8 Å². The summed E-state index contributed by atoms with van der Waals surface area (Å²) in [7, 11) is -1.51. The van der Waals surface area contributed by atoms with E-state index in [2.05, 4.69) is 10.3 Å². The number of pyridine rings is 1. The zero-order valence-electron chi connectivity index (χ0n) is 12.3. The molecule has 2 aliphatic heterocycles. The molecule has 1 atom stereocenters. The molecule has 1 N–H and O–H groups in total. The van der Waals surface area contributed by atoms with Crippen molar-refractivity contribution >= 4 is 16.0 Å². The molecule has 1 aromatic rings. The summed E-state index contributed by atoms with van der Waals surface area (Å²) >= 11 is 0. The minimum Gasteiger partial charge on any atom is -0.373 e. The van der Waals surface area contributed by atoms with Crippen LogP contribution in [0.25, 0.3) is 0 Å². The highest BCUT2D eigenvalue weighted by atomic mass is 32.2. The van der Waals surface area contributed by atoms with Gasteiger partial charge in [0.25, 0.3) is 10.2 Å². The highest BCUT2D eigenvalue weighted by Crippen LogP contribution is 2.36. The van der Waals surface area contributed by atoms with Crippen molar-refractivity contribution in [3.63, 3.8) is 0 Å². The maximum atomic E-state index is 12.8. The topological polar surface area (TPSA) is 65.5 Å². The largest absolute Gasteiger partial charge is 0.373 e. The molecule has 1 unspecified atom stereocenters. The van der Waals surface area contributed by atoms with Crippen LogP contribution in [0.4, 0.5) is 5.82 Å². The van der Waals surface area contributed by atoms with Gasteiger partial charge in [0.15, 0.2) is 0 Å². The van der Waals surface area contributed by atoms with Crippen molar-refractivity contribution in [1.29, 1.82) is 0 Å². The van der Waals surface area contributed by atoms with E-state index in [0.29, 0.717) is 19.6 Å². The average Bonchev–Trinajstić information content (AvgIpc) is 3.18. The van der Waals surface area contributed by atoms with Gasteiger partial charge in [0.2, 0.25) is 0 Å². The number of anilines is 1. The van der Waals surface area contributed by atoms with E-state index in [0.717, 1.165) is 37.1 Å². The highest BCUT2D eigenvalue weighted by Gasteiger charge is 2.39. The van der Waals surface area contributed by atoms with Crippen LogP contribution in [0, 0.1) is 0 Å². The van der Waals surface area contributed by atoms with E-state index >= 15 is 0 Å². The molecule has 0 spiro atoms. The van der Waals surface area contributed by atoms with Gasteiger partial charge in [-0.25, -0.2) is 4.98 Å². The molecule has 3 rings (SSSR count). The Bertz CT molecular complexity index is 599. The summed E-state index contributed by atoms with van der Waals surface area (Å²) in [5.74, 6) is 0.776. The molecule has 7 heteroatoms. The second-order valence-electron chi connectivity index (χ2n) is 5.61. The number of rotatable bonds is 4. The molecule has 21 heavy (non-hydrogen) atoms. The van der Waals surface area contributed by atoms with Crippen molar-refractivity contribution in [1.82, 2.24) is 13.6 Å². The molecule has 0 saturated carbocycles. The van der Waals surface area contributed by atoms with Crippen molar-refractivity contribution in [3.05, 3.63) is 23.9 Å². The molecule has 0 aliphatic carbocycles. The van der Waals surface area contributed by atoms with Crippen LogP contribution in [-0.4, -0.2) is 48.7 Å². The molecule has 0 bridgehead atoms. The predicted octanol–water partition coefficient (Wildman–Crippen LogP) is 1.60. The molecular formula is C14H22N4O2S. The average molecular weight is 310 g/mol. The molecule has 0 aromatic carbocycles. The van der Waals surface area contributed by atoms with Gasteiger partial charge in [-0.3, -0.25) is 0 Å². The van der Waals surface area contributed by atoms with Gasteiger partial charge in [0, 0.05) is 32.9 Å². The minimum absolute atomic E-state index is 0.0642. The predicted molar refractivity (Wildman–Crippen MR) is 82.2 cm³/mol. The zero-order chi connectivity index (χ0) is 14.9. The number of hydrogen-bond acceptors (Lipinski definition) is 4. The van der Waals surface area contributed by atoms with Crippen LogP contribution in [0.15, 0.2) is 18.3 Å². The quantitative estimate of drug-likeness (QED) is 0.917. The minimum atomic E-state index is -3.33. The fourth-order valence-corrected chi connectivity index (χ4v) is 5.13. The first-order valence-electron chi connectivity index (χ1n) is 7.53. The Labute approximate surface area is 126 Å². The maximum absolute atomic E-state index is 12.8. The van der Waals surface area contributed by atoms with Crippen molar-refractivity contribution in [2.75, 3.05) is 32.0 Å². The summed E-state index contributed by atoms with van der Waals surface area (Å²) in [6.07, 6.45) is 5.46. The number of nitrogens with zero attached hydrogens (tertiary/aromatic N) is 3. The summed E-state index contributed by atoms with van der Waals surface area (Å²) in [6, 6.07) is 3.80. The number of nitrogens with one attached hydrogen (secondary N) is 1. The molecule has 116 valence electrons. The van der Waals surface area contributed by atoms with Gasteiger partial charge in [-0.2, -0.15) is 17.0 Å². The second-order valence-corrected chi connectivity index (χ2v) is 7.49. The molecule has 2 saturated heterocycles. The monoisotopic (exact) mass is 310 g/mol. The molecular weight excluding hydrogens is 288 g/mol. The normalized spacial score (nSPS) is 24.5. The van der Waals surface area contributed by atoms with Crippen molar-refractivity contribution < 1.29 is 8.42 Å². The van der Waals surface area contributed by atoms with Gasteiger partial charge < -0.3 is 5.32 Å². The molecule has 1 aromatic heterocycles. The summed E-state index contributed by atoms with van der Waals surface area (Å²) in [5.41, 5.74) is 1.02.